The molecule has 20 heavy (non-hydrogen) atoms. The Morgan fingerprint density at radius 1 is 1.30 bits per heavy atom. The minimum atomic E-state index is 0.127. The second-order valence-corrected chi connectivity index (χ2v) is 6.93. The molecule has 0 saturated heterocycles. The van der Waals surface area contributed by atoms with Crippen LogP contribution in [0.1, 0.15) is 38.2 Å². The average molecular weight is 292 g/mol. The van der Waals surface area contributed by atoms with Crippen molar-refractivity contribution in [2.45, 2.75) is 45.1 Å². The van der Waals surface area contributed by atoms with Crippen molar-refractivity contribution in [2.24, 2.45) is 17.8 Å². The van der Waals surface area contributed by atoms with Crippen molar-refractivity contribution >= 4 is 17.5 Å². The summed E-state index contributed by atoms with van der Waals surface area (Å²) in [5, 5.41) is 3.91. The standard InChI is InChI=1S/C17H22ClNO/c1-11(16-9-13-2-5-14(16)8-13)19-17(20)10-12-3-6-15(18)7-4-12/h3-4,6-7,11,13-14,16H,2,5,8-10H2,1H3,(H,19,20)/t11-,13+,14+,16+/m1/s1. The van der Waals surface area contributed by atoms with Gasteiger partial charge < -0.3 is 5.32 Å². The second kappa shape index (κ2) is 5.77. The lowest BCUT2D eigenvalue weighted by Gasteiger charge is -2.28. The summed E-state index contributed by atoms with van der Waals surface area (Å²) in [6.45, 7) is 2.17. The Hall–Kier alpha value is -1.02. The third-order valence-electron chi connectivity index (χ3n) is 5.10. The first-order chi connectivity index (χ1) is 9.61. The zero-order valence-corrected chi connectivity index (χ0v) is 12.7. The fraction of sp³-hybridized carbons (Fsp3) is 0.588. The SMILES string of the molecule is C[C@@H](NC(=O)Cc1ccc(Cl)cc1)[C@@H]1C[C@H]2CC[C@H]1C2. The van der Waals surface area contributed by atoms with Crippen molar-refractivity contribution in [2.75, 3.05) is 0 Å². The van der Waals surface area contributed by atoms with Gasteiger partial charge in [-0.1, -0.05) is 30.2 Å². The Bertz CT molecular complexity index is 484. The van der Waals surface area contributed by atoms with Gasteiger partial charge in [-0.05, 0) is 61.6 Å². The maximum atomic E-state index is 12.1. The Morgan fingerprint density at radius 2 is 2.05 bits per heavy atom. The van der Waals surface area contributed by atoms with Crippen LogP contribution in [0.3, 0.4) is 0 Å². The van der Waals surface area contributed by atoms with Crippen LogP contribution < -0.4 is 5.32 Å². The molecule has 4 atom stereocenters. The summed E-state index contributed by atoms with van der Waals surface area (Å²) in [6.07, 6.45) is 5.93. The molecule has 2 saturated carbocycles. The monoisotopic (exact) mass is 291 g/mol. The van der Waals surface area contributed by atoms with Crippen LogP contribution in [0.4, 0.5) is 0 Å². The highest BCUT2D eigenvalue weighted by Gasteiger charge is 2.42. The summed E-state index contributed by atoms with van der Waals surface area (Å²) in [4.78, 5) is 12.1. The van der Waals surface area contributed by atoms with E-state index < -0.39 is 0 Å². The number of nitrogens with one attached hydrogen (secondary N) is 1. The number of benzene rings is 1. The maximum absolute atomic E-state index is 12.1. The molecule has 2 bridgehead atoms. The molecule has 1 amide bonds. The van der Waals surface area contributed by atoms with Crippen LogP contribution >= 0.6 is 11.6 Å². The first kappa shape index (κ1) is 13.9. The van der Waals surface area contributed by atoms with Crippen LogP contribution in [0.2, 0.25) is 5.02 Å². The number of carbonyl (C=O) groups is 1. The molecular formula is C17H22ClNO. The van der Waals surface area contributed by atoms with Crippen LogP contribution in [0, 0.1) is 17.8 Å². The molecule has 0 aliphatic heterocycles. The van der Waals surface area contributed by atoms with Crippen molar-refractivity contribution in [3.05, 3.63) is 34.9 Å². The van der Waals surface area contributed by atoms with Crippen LogP contribution in [0.25, 0.3) is 0 Å². The fourth-order valence-electron chi connectivity index (χ4n) is 4.11. The van der Waals surface area contributed by atoms with E-state index in [0.29, 0.717) is 23.4 Å². The molecule has 0 unspecified atom stereocenters. The van der Waals surface area contributed by atoms with E-state index in [1.807, 2.05) is 24.3 Å². The molecule has 0 radical (unpaired) electrons. The van der Waals surface area contributed by atoms with E-state index in [-0.39, 0.29) is 5.91 Å². The molecule has 108 valence electrons. The largest absolute Gasteiger partial charge is 0.353 e. The third kappa shape index (κ3) is 3.01. The Morgan fingerprint density at radius 3 is 2.65 bits per heavy atom. The molecule has 1 aromatic rings. The van der Waals surface area contributed by atoms with Crippen LogP contribution in [-0.4, -0.2) is 11.9 Å². The van der Waals surface area contributed by atoms with Crippen LogP contribution in [0.15, 0.2) is 24.3 Å². The number of hydrogen-bond acceptors (Lipinski definition) is 1. The van der Waals surface area contributed by atoms with Gasteiger partial charge in [0.25, 0.3) is 0 Å². The smallest absolute Gasteiger partial charge is 0.224 e. The van der Waals surface area contributed by atoms with Gasteiger partial charge in [0, 0.05) is 11.1 Å². The highest BCUT2D eigenvalue weighted by molar-refractivity contribution is 6.30. The molecular weight excluding hydrogens is 270 g/mol. The van der Waals surface area contributed by atoms with E-state index in [0.717, 1.165) is 17.4 Å². The highest BCUT2D eigenvalue weighted by atomic mass is 35.5. The summed E-state index contributed by atoms with van der Waals surface area (Å²) >= 11 is 5.85. The zero-order valence-electron chi connectivity index (χ0n) is 11.9. The van der Waals surface area contributed by atoms with Crippen molar-refractivity contribution < 1.29 is 4.79 Å². The van der Waals surface area contributed by atoms with Crippen molar-refractivity contribution in [3.63, 3.8) is 0 Å². The molecule has 2 aliphatic rings. The number of halogens is 1. The van der Waals surface area contributed by atoms with E-state index in [1.54, 1.807) is 0 Å². The fourth-order valence-corrected chi connectivity index (χ4v) is 4.23. The van der Waals surface area contributed by atoms with Crippen LogP contribution in [-0.2, 0) is 11.2 Å². The highest BCUT2D eigenvalue weighted by Crippen LogP contribution is 2.49. The van der Waals surface area contributed by atoms with Gasteiger partial charge in [0.1, 0.15) is 0 Å². The summed E-state index contributed by atoms with van der Waals surface area (Å²) in [7, 11) is 0. The first-order valence-corrected chi connectivity index (χ1v) is 8.03. The summed E-state index contributed by atoms with van der Waals surface area (Å²) in [5.41, 5.74) is 1.02. The molecule has 3 rings (SSSR count). The predicted octanol–water partition coefficient (Wildman–Crippen LogP) is 3.82. The summed E-state index contributed by atoms with van der Waals surface area (Å²) < 4.78 is 0. The minimum Gasteiger partial charge on any atom is -0.353 e. The van der Waals surface area contributed by atoms with E-state index in [4.69, 9.17) is 11.6 Å². The average Bonchev–Trinajstić information content (AvgIpc) is 3.03. The van der Waals surface area contributed by atoms with Gasteiger partial charge >= 0.3 is 0 Å². The Kier molecular flexibility index (Phi) is 4.02. The Labute approximate surface area is 125 Å². The molecule has 0 aromatic heterocycles. The molecule has 2 aliphatic carbocycles. The molecule has 0 heterocycles. The lowest BCUT2D eigenvalue weighted by Crippen LogP contribution is -2.40. The number of amides is 1. The quantitative estimate of drug-likeness (QED) is 0.898. The van der Waals surface area contributed by atoms with Crippen LogP contribution in [0.5, 0.6) is 0 Å². The molecule has 1 aromatic carbocycles. The molecule has 0 spiro atoms. The number of fused-ring (bicyclic) bond motifs is 2. The van der Waals surface area contributed by atoms with Gasteiger partial charge in [-0.3, -0.25) is 4.79 Å². The van der Waals surface area contributed by atoms with Gasteiger partial charge in [0.2, 0.25) is 5.91 Å². The van der Waals surface area contributed by atoms with E-state index in [2.05, 4.69) is 12.2 Å². The van der Waals surface area contributed by atoms with E-state index in [9.17, 15) is 4.79 Å². The normalized spacial score (nSPS) is 29.4. The van der Waals surface area contributed by atoms with E-state index in [1.165, 1.54) is 25.7 Å². The van der Waals surface area contributed by atoms with Gasteiger partial charge in [-0.2, -0.15) is 0 Å². The third-order valence-corrected chi connectivity index (χ3v) is 5.35. The number of rotatable bonds is 4. The minimum absolute atomic E-state index is 0.127. The number of carbonyl (C=O) groups excluding carboxylic acids is 1. The lowest BCUT2D eigenvalue weighted by molar-refractivity contribution is -0.121. The Balaban J connectivity index is 1.52. The predicted molar refractivity (Wildman–Crippen MR) is 81.7 cm³/mol. The molecule has 1 N–H and O–H groups in total. The van der Waals surface area contributed by atoms with Gasteiger partial charge in [-0.25, -0.2) is 0 Å². The van der Waals surface area contributed by atoms with E-state index >= 15 is 0 Å². The molecule has 2 nitrogen and oxygen atoms in total. The van der Waals surface area contributed by atoms with Gasteiger partial charge in [0.15, 0.2) is 0 Å². The number of hydrogen-bond donors (Lipinski definition) is 1. The summed E-state index contributed by atoms with van der Waals surface area (Å²) in [6, 6.07) is 7.83. The van der Waals surface area contributed by atoms with Crippen molar-refractivity contribution in [1.29, 1.82) is 0 Å². The maximum Gasteiger partial charge on any atom is 0.224 e. The summed E-state index contributed by atoms with van der Waals surface area (Å²) in [5.74, 6) is 2.61. The first-order valence-electron chi connectivity index (χ1n) is 7.65. The van der Waals surface area contributed by atoms with Gasteiger partial charge in [0.05, 0.1) is 6.42 Å². The zero-order chi connectivity index (χ0) is 14.1. The van der Waals surface area contributed by atoms with Crippen molar-refractivity contribution in [3.8, 4) is 0 Å². The second-order valence-electron chi connectivity index (χ2n) is 6.50. The van der Waals surface area contributed by atoms with Crippen molar-refractivity contribution in [1.82, 2.24) is 5.32 Å². The molecule has 3 heteroatoms. The van der Waals surface area contributed by atoms with Gasteiger partial charge in [-0.15, -0.1) is 0 Å². The lowest BCUT2D eigenvalue weighted by atomic mass is 9.84. The molecule has 2 fully saturated rings. The topological polar surface area (TPSA) is 29.1 Å².